The predicted molar refractivity (Wildman–Crippen MR) is 82.3 cm³/mol. The first-order valence-corrected chi connectivity index (χ1v) is 7.72. The molecule has 0 aliphatic heterocycles. The topological polar surface area (TPSA) is 12.0 Å². The third-order valence-electron chi connectivity index (χ3n) is 3.12. The number of hydrogen-bond acceptors (Lipinski definition) is 2. The smallest absolute Gasteiger partial charge is 0.124 e. The Labute approximate surface area is 118 Å². The quantitative estimate of drug-likeness (QED) is 0.833. The fourth-order valence-corrected chi connectivity index (χ4v) is 3.46. The average molecular weight is 279 g/mol. The lowest BCUT2D eigenvalue weighted by Crippen LogP contribution is -2.21. The Morgan fingerprint density at radius 3 is 2.58 bits per heavy atom. The molecule has 1 nitrogen and oxygen atoms in total. The van der Waals surface area contributed by atoms with Crippen LogP contribution in [0.5, 0.6) is 0 Å². The molecular formula is C16H22FNS. The van der Waals surface area contributed by atoms with Gasteiger partial charge in [-0.2, -0.15) is 0 Å². The van der Waals surface area contributed by atoms with Gasteiger partial charge in [-0.1, -0.05) is 33.8 Å². The first-order chi connectivity index (χ1) is 8.97. The van der Waals surface area contributed by atoms with Crippen LogP contribution in [0, 0.1) is 11.7 Å². The van der Waals surface area contributed by atoms with E-state index in [1.165, 1.54) is 15.8 Å². The molecule has 1 aromatic heterocycles. The molecule has 0 aliphatic carbocycles. The lowest BCUT2D eigenvalue weighted by atomic mass is 10.00. The Balaban J connectivity index is 2.41. The Hall–Kier alpha value is -0.930. The van der Waals surface area contributed by atoms with E-state index in [4.69, 9.17) is 0 Å². The van der Waals surface area contributed by atoms with Gasteiger partial charge in [-0.3, -0.25) is 0 Å². The number of thiophene rings is 1. The van der Waals surface area contributed by atoms with E-state index >= 15 is 0 Å². The van der Waals surface area contributed by atoms with Crippen LogP contribution in [0.25, 0.3) is 10.1 Å². The molecule has 3 heteroatoms. The molecule has 0 spiro atoms. The fraction of sp³-hybridized carbons (Fsp3) is 0.500. The standard InChI is InChI=1S/C16H22FNS/c1-10(2)7-14-13-6-5-12(17)8-15(13)19-16(14)9-18-11(3)4/h5-6,8,10-11,18H,7,9H2,1-4H3. The maximum absolute atomic E-state index is 13.3. The molecule has 0 aliphatic rings. The Kier molecular flexibility index (Phi) is 4.58. The first-order valence-electron chi connectivity index (χ1n) is 6.90. The SMILES string of the molecule is CC(C)Cc1c(CNC(C)C)sc2cc(F)ccc12. The van der Waals surface area contributed by atoms with Crippen LogP contribution in [-0.4, -0.2) is 6.04 Å². The third kappa shape index (κ3) is 3.54. The van der Waals surface area contributed by atoms with Crippen molar-refractivity contribution in [3.63, 3.8) is 0 Å². The van der Waals surface area contributed by atoms with Crippen molar-refractivity contribution in [1.82, 2.24) is 5.32 Å². The van der Waals surface area contributed by atoms with Gasteiger partial charge in [-0.25, -0.2) is 4.39 Å². The summed E-state index contributed by atoms with van der Waals surface area (Å²) in [5.74, 6) is 0.467. The maximum atomic E-state index is 13.3. The molecule has 0 radical (unpaired) electrons. The summed E-state index contributed by atoms with van der Waals surface area (Å²) < 4.78 is 14.4. The van der Waals surface area contributed by atoms with Gasteiger partial charge in [0.2, 0.25) is 0 Å². The van der Waals surface area contributed by atoms with Crippen LogP contribution in [0.2, 0.25) is 0 Å². The molecule has 0 bridgehead atoms. The van der Waals surface area contributed by atoms with Gasteiger partial charge in [-0.05, 0) is 35.4 Å². The summed E-state index contributed by atoms with van der Waals surface area (Å²) in [6.45, 7) is 9.63. The largest absolute Gasteiger partial charge is 0.310 e. The van der Waals surface area contributed by atoms with Crippen LogP contribution in [-0.2, 0) is 13.0 Å². The van der Waals surface area contributed by atoms with Gasteiger partial charge in [0.1, 0.15) is 5.82 Å². The number of fused-ring (bicyclic) bond motifs is 1. The molecule has 1 aromatic carbocycles. The molecule has 104 valence electrons. The van der Waals surface area contributed by atoms with Crippen molar-refractivity contribution in [1.29, 1.82) is 0 Å². The Morgan fingerprint density at radius 2 is 1.95 bits per heavy atom. The predicted octanol–water partition coefficient (Wildman–Crippen LogP) is 4.74. The number of halogens is 1. The molecule has 0 saturated heterocycles. The molecule has 0 saturated carbocycles. The molecular weight excluding hydrogens is 257 g/mol. The summed E-state index contributed by atoms with van der Waals surface area (Å²) in [5.41, 5.74) is 1.39. The van der Waals surface area contributed by atoms with Crippen molar-refractivity contribution < 1.29 is 4.39 Å². The van der Waals surface area contributed by atoms with Crippen LogP contribution in [0.15, 0.2) is 18.2 Å². The van der Waals surface area contributed by atoms with Crippen molar-refractivity contribution in [2.75, 3.05) is 0 Å². The normalized spacial score (nSPS) is 11.9. The van der Waals surface area contributed by atoms with E-state index in [1.54, 1.807) is 23.5 Å². The van der Waals surface area contributed by atoms with Crippen LogP contribution in [0.3, 0.4) is 0 Å². The molecule has 0 fully saturated rings. The van der Waals surface area contributed by atoms with Gasteiger partial charge in [-0.15, -0.1) is 11.3 Å². The molecule has 0 amide bonds. The van der Waals surface area contributed by atoms with E-state index < -0.39 is 0 Å². The van der Waals surface area contributed by atoms with Crippen molar-refractivity contribution in [3.05, 3.63) is 34.5 Å². The zero-order valence-electron chi connectivity index (χ0n) is 12.1. The second kappa shape index (κ2) is 6.02. The second-order valence-corrected chi connectivity index (χ2v) is 6.91. The van der Waals surface area contributed by atoms with E-state index in [2.05, 4.69) is 33.0 Å². The number of hydrogen-bond donors (Lipinski definition) is 1. The molecule has 2 aromatic rings. The highest BCUT2D eigenvalue weighted by atomic mass is 32.1. The van der Waals surface area contributed by atoms with Gasteiger partial charge in [0.05, 0.1) is 0 Å². The second-order valence-electron chi connectivity index (χ2n) is 5.78. The van der Waals surface area contributed by atoms with Crippen LogP contribution in [0.1, 0.15) is 38.1 Å². The van der Waals surface area contributed by atoms with Crippen molar-refractivity contribution in [2.45, 2.75) is 46.7 Å². The van der Waals surface area contributed by atoms with Gasteiger partial charge < -0.3 is 5.32 Å². The van der Waals surface area contributed by atoms with Crippen LogP contribution in [0.4, 0.5) is 4.39 Å². The lowest BCUT2D eigenvalue weighted by Gasteiger charge is -2.10. The van der Waals surface area contributed by atoms with Crippen molar-refractivity contribution >= 4 is 21.4 Å². The van der Waals surface area contributed by atoms with Gasteiger partial charge in [0.15, 0.2) is 0 Å². The van der Waals surface area contributed by atoms with E-state index in [0.29, 0.717) is 12.0 Å². The highest BCUT2D eigenvalue weighted by Gasteiger charge is 2.14. The van der Waals surface area contributed by atoms with E-state index in [0.717, 1.165) is 17.7 Å². The summed E-state index contributed by atoms with van der Waals surface area (Å²) >= 11 is 1.72. The molecule has 0 atom stereocenters. The first kappa shape index (κ1) is 14.5. The number of benzene rings is 1. The Morgan fingerprint density at radius 1 is 1.21 bits per heavy atom. The average Bonchev–Trinajstić information content (AvgIpc) is 2.63. The molecule has 2 rings (SSSR count). The monoisotopic (exact) mass is 279 g/mol. The van der Waals surface area contributed by atoms with Crippen LogP contribution >= 0.6 is 11.3 Å². The lowest BCUT2D eigenvalue weighted by molar-refractivity contribution is 0.585. The summed E-state index contributed by atoms with van der Waals surface area (Å²) in [7, 11) is 0. The van der Waals surface area contributed by atoms with E-state index in [1.807, 2.05) is 6.07 Å². The minimum Gasteiger partial charge on any atom is -0.310 e. The summed E-state index contributed by atoms with van der Waals surface area (Å²) in [6, 6.07) is 5.62. The maximum Gasteiger partial charge on any atom is 0.124 e. The van der Waals surface area contributed by atoms with Gasteiger partial charge >= 0.3 is 0 Å². The highest BCUT2D eigenvalue weighted by molar-refractivity contribution is 7.19. The Bertz CT molecular complexity index is 557. The van der Waals surface area contributed by atoms with Crippen molar-refractivity contribution in [3.8, 4) is 0 Å². The minimum absolute atomic E-state index is 0.145. The summed E-state index contributed by atoms with van der Waals surface area (Å²) in [4.78, 5) is 1.35. The molecule has 0 unspecified atom stereocenters. The third-order valence-corrected chi connectivity index (χ3v) is 4.32. The zero-order valence-corrected chi connectivity index (χ0v) is 12.9. The number of rotatable bonds is 5. The van der Waals surface area contributed by atoms with Crippen molar-refractivity contribution in [2.24, 2.45) is 5.92 Å². The summed E-state index contributed by atoms with van der Waals surface area (Å²) in [5, 5.41) is 4.69. The molecule has 1 N–H and O–H groups in total. The zero-order chi connectivity index (χ0) is 14.0. The number of nitrogens with one attached hydrogen (secondary N) is 1. The van der Waals surface area contributed by atoms with Gasteiger partial charge in [0.25, 0.3) is 0 Å². The molecule has 1 heterocycles. The molecule has 19 heavy (non-hydrogen) atoms. The van der Waals surface area contributed by atoms with E-state index in [-0.39, 0.29) is 5.82 Å². The minimum atomic E-state index is -0.145. The fourth-order valence-electron chi connectivity index (χ4n) is 2.25. The van der Waals surface area contributed by atoms with E-state index in [9.17, 15) is 4.39 Å². The van der Waals surface area contributed by atoms with Gasteiger partial charge in [0, 0.05) is 22.2 Å². The van der Waals surface area contributed by atoms with Crippen LogP contribution < -0.4 is 5.32 Å². The highest BCUT2D eigenvalue weighted by Crippen LogP contribution is 2.33. The summed E-state index contributed by atoms with van der Waals surface area (Å²) in [6.07, 6.45) is 1.06.